The van der Waals surface area contributed by atoms with E-state index in [2.05, 4.69) is 9.73 Å². The van der Waals surface area contributed by atoms with Gasteiger partial charge in [0.1, 0.15) is 0 Å². The number of methoxy groups -OCH3 is 1. The van der Waals surface area contributed by atoms with Gasteiger partial charge in [0, 0.05) is 5.22 Å². The van der Waals surface area contributed by atoms with Gasteiger partial charge in [0.15, 0.2) is 0 Å². The molecule has 0 fully saturated rings. The molecule has 2 rings (SSSR count). The van der Waals surface area contributed by atoms with Crippen molar-refractivity contribution in [3.63, 3.8) is 0 Å². The number of esters is 1. The molecule has 3 nitrogen and oxygen atoms in total. The molecule has 72 valence electrons. The molecule has 0 aromatic heterocycles. The molecular weight excluding hydrogens is 178 g/mol. The molecule has 0 N–H and O–H groups in total. The van der Waals surface area contributed by atoms with Crippen LogP contribution < -0.4 is 10.6 Å². The van der Waals surface area contributed by atoms with Gasteiger partial charge in [0.05, 0.1) is 25.4 Å². The topological polar surface area (TPSA) is 38.7 Å². The molecule has 1 aromatic carbocycles. The highest BCUT2D eigenvalue weighted by Crippen LogP contribution is 2.04. The Kier molecular flexibility index (Phi) is 2.31. The van der Waals surface area contributed by atoms with Crippen LogP contribution in [0.25, 0.3) is 5.57 Å². The minimum absolute atomic E-state index is 0.202. The van der Waals surface area contributed by atoms with Gasteiger partial charge in [-0.15, -0.1) is 0 Å². The van der Waals surface area contributed by atoms with Gasteiger partial charge in [-0.3, -0.25) is 9.79 Å². The van der Waals surface area contributed by atoms with Gasteiger partial charge in [-0.25, -0.2) is 0 Å². The monoisotopic (exact) mass is 189 g/mol. The van der Waals surface area contributed by atoms with Gasteiger partial charge in [-0.2, -0.15) is 0 Å². The fourth-order valence-electron chi connectivity index (χ4n) is 1.57. The zero-order valence-corrected chi connectivity index (χ0v) is 7.99. The Balaban J connectivity index is 2.41. The molecule has 14 heavy (non-hydrogen) atoms. The molecule has 0 spiro atoms. The maximum absolute atomic E-state index is 11.1. The van der Waals surface area contributed by atoms with Gasteiger partial charge >= 0.3 is 5.97 Å². The Morgan fingerprint density at radius 2 is 2.29 bits per heavy atom. The largest absolute Gasteiger partial charge is 0.469 e. The van der Waals surface area contributed by atoms with Gasteiger partial charge in [-0.1, -0.05) is 18.2 Å². The van der Waals surface area contributed by atoms with Crippen molar-refractivity contribution in [3.05, 3.63) is 34.8 Å². The first kappa shape index (κ1) is 8.94. The number of ether oxygens (including phenoxy) is 1. The maximum atomic E-state index is 11.1. The first-order valence-electron chi connectivity index (χ1n) is 4.49. The highest BCUT2D eigenvalue weighted by molar-refractivity contribution is 5.80. The summed E-state index contributed by atoms with van der Waals surface area (Å²) in [4.78, 5) is 15.4. The molecule has 1 aromatic rings. The molecule has 1 heterocycles. The van der Waals surface area contributed by atoms with E-state index in [-0.39, 0.29) is 5.97 Å². The van der Waals surface area contributed by atoms with Crippen LogP contribution in [0.5, 0.6) is 0 Å². The number of rotatable bonds is 2. The Morgan fingerprint density at radius 3 is 3.07 bits per heavy atom. The fourth-order valence-corrected chi connectivity index (χ4v) is 1.57. The van der Waals surface area contributed by atoms with E-state index in [1.807, 2.05) is 24.3 Å². The minimum atomic E-state index is -0.202. The number of hydrogen-bond donors (Lipinski definition) is 0. The highest BCUT2D eigenvalue weighted by Gasteiger charge is 2.10. The molecule has 3 heteroatoms. The Bertz CT molecular complexity index is 476. The van der Waals surface area contributed by atoms with Crippen LogP contribution in [0.4, 0.5) is 0 Å². The lowest BCUT2D eigenvalue weighted by atomic mass is 10.1. The molecule has 0 radical (unpaired) electrons. The second-order valence-corrected chi connectivity index (χ2v) is 3.19. The number of hydrogen-bond acceptors (Lipinski definition) is 3. The van der Waals surface area contributed by atoms with Gasteiger partial charge in [0.2, 0.25) is 0 Å². The van der Waals surface area contributed by atoms with Crippen molar-refractivity contribution in [2.24, 2.45) is 4.99 Å². The van der Waals surface area contributed by atoms with Crippen LogP contribution in [0.2, 0.25) is 0 Å². The lowest BCUT2D eigenvalue weighted by molar-refractivity contribution is -0.139. The summed E-state index contributed by atoms with van der Waals surface area (Å²) in [7, 11) is 1.40. The highest BCUT2D eigenvalue weighted by atomic mass is 16.5. The summed E-state index contributed by atoms with van der Waals surface area (Å²) >= 11 is 0. The molecule has 1 aliphatic heterocycles. The average Bonchev–Trinajstić information content (AvgIpc) is 2.62. The second-order valence-electron chi connectivity index (χ2n) is 3.19. The number of benzene rings is 1. The SMILES string of the molecule is COC(=O)CC1=c2ccccc2=NC1. The zero-order chi connectivity index (χ0) is 9.97. The predicted octanol–water partition coefficient (Wildman–Crippen LogP) is 0.0336. The fraction of sp³-hybridized carbons (Fsp3) is 0.273. The smallest absolute Gasteiger partial charge is 0.309 e. The second kappa shape index (κ2) is 3.62. The zero-order valence-electron chi connectivity index (χ0n) is 7.99. The van der Waals surface area contributed by atoms with E-state index in [4.69, 9.17) is 0 Å². The maximum Gasteiger partial charge on any atom is 0.309 e. The first-order valence-corrected chi connectivity index (χ1v) is 4.49. The molecule has 0 amide bonds. The molecule has 0 saturated heterocycles. The van der Waals surface area contributed by atoms with Crippen molar-refractivity contribution in [1.29, 1.82) is 0 Å². The van der Waals surface area contributed by atoms with Crippen molar-refractivity contribution in [1.82, 2.24) is 0 Å². The third-order valence-corrected chi connectivity index (χ3v) is 2.31. The summed E-state index contributed by atoms with van der Waals surface area (Å²) in [6.07, 6.45) is 0.344. The molecule has 0 unspecified atom stereocenters. The lowest BCUT2D eigenvalue weighted by Crippen LogP contribution is -2.22. The van der Waals surface area contributed by atoms with E-state index >= 15 is 0 Å². The van der Waals surface area contributed by atoms with Crippen LogP contribution in [0, 0.1) is 0 Å². The Labute approximate surface area is 81.7 Å². The van der Waals surface area contributed by atoms with Gasteiger partial charge in [-0.05, 0) is 11.6 Å². The van der Waals surface area contributed by atoms with Crippen molar-refractivity contribution in [3.8, 4) is 0 Å². The number of para-hydroxylation sites is 1. The van der Waals surface area contributed by atoms with Crippen LogP contribution >= 0.6 is 0 Å². The summed E-state index contributed by atoms with van der Waals surface area (Å²) in [5, 5.41) is 2.06. The van der Waals surface area contributed by atoms with Crippen LogP contribution in [0.3, 0.4) is 0 Å². The average molecular weight is 189 g/mol. The van der Waals surface area contributed by atoms with Crippen molar-refractivity contribution in [2.75, 3.05) is 13.7 Å². The standard InChI is InChI=1S/C11H11NO2/c1-14-11(13)6-8-7-12-10-5-3-2-4-9(8)10/h2-5H,6-7H2,1H3. The normalized spacial score (nSPS) is 13.4. The Hall–Kier alpha value is -1.64. The third-order valence-electron chi connectivity index (χ3n) is 2.31. The van der Waals surface area contributed by atoms with E-state index in [9.17, 15) is 4.79 Å². The predicted molar refractivity (Wildman–Crippen MR) is 52.1 cm³/mol. The first-order chi connectivity index (χ1) is 6.81. The third kappa shape index (κ3) is 1.53. The quantitative estimate of drug-likeness (QED) is 0.616. The van der Waals surface area contributed by atoms with Crippen molar-refractivity contribution in [2.45, 2.75) is 6.42 Å². The van der Waals surface area contributed by atoms with Gasteiger partial charge < -0.3 is 4.74 Å². The van der Waals surface area contributed by atoms with E-state index in [0.29, 0.717) is 13.0 Å². The van der Waals surface area contributed by atoms with E-state index in [0.717, 1.165) is 16.1 Å². The van der Waals surface area contributed by atoms with Crippen LogP contribution in [-0.2, 0) is 9.53 Å². The summed E-state index contributed by atoms with van der Waals surface area (Å²) in [6, 6.07) is 7.85. The molecule has 0 bridgehead atoms. The molecule has 1 aliphatic rings. The molecule has 0 saturated carbocycles. The summed E-state index contributed by atoms with van der Waals surface area (Å²) < 4.78 is 4.63. The van der Waals surface area contributed by atoms with E-state index in [1.165, 1.54) is 7.11 Å². The number of fused-ring (bicyclic) bond motifs is 1. The molecular formula is C11H11NO2. The van der Waals surface area contributed by atoms with Crippen LogP contribution in [0.15, 0.2) is 29.3 Å². The number of carbonyl (C=O) groups excluding carboxylic acids is 1. The summed E-state index contributed by atoms with van der Waals surface area (Å²) in [6.45, 7) is 0.619. The molecule has 0 aliphatic carbocycles. The van der Waals surface area contributed by atoms with E-state index < -0.39 is 0 Å². The molecule has 0 atom stereocenters. The lowest BCUT2D eigenvalue weighted by Gasteiger charge is -1.98. The van der Waals surface area contributed by atoms with Crippen LogP contribution in [-0.4, -0.2) is 19.6 Å². The number of carbonyl (C=O) groups is 1. The minimum Gasteiger partial charge on any atom is -0.469 e. The van der Waals surface area contributed by atoms with Crippen molar-refractivity contribution < 1.29 is 9.53 Å². The van der Waals surface area contributed by atoms with E-state index in [1.54, 1.807) is 0 Å². The summed E-state index contributed by atoms with van der Waals surface area (Å²) in [5.41, 5.74) is 1.05. The number of nitrogens with zero attached hydrogens (tertiary/aromatic N) is 1. The Morgan fingerprint density at radius 1 is 1.50 bits per heavy atom. The van der Waals surface area contributed by atoms with Crippen molar-refractivity contribution >= 4 is 11.5 Å². The van der Waals surface area contributed by atoms with Gasteiger partial charge in [0.25, 0.3) is 0 Å². The van der Waals surface area contributed by atoms with Crippen LogP contribution in [0.1, 0.15) is 6.42 Å². The summed E-state index contributed by atoms with van der Waals surface area (Å²) in [5.74, 6) is -0.202.